The SMILES string of the molecule is Cc1cc(C(=O)N2CCCC2C(=O)NCCCN2CC(C)OC(C)C2)ccc1[N+](=O)[O-]. The Labute approximate surface area is 182 Å². The van der Waals surface area contributed by atoms with E-state index in [2.05, 4.69) is 24.1 Å². The molecular weight excluding hydrogens is 400 g/mol. The minimum atomic E-state index is -0.494. The smallest absolute Gasteiger partial charge is 0.272 e. The number of hydrogen-bond donors (Lipinski definition) is 1. The van der Waals surface area contributed by atoms with E-state index in [9.17, 15) is 19.7 Å². The molecule has 0 aliphatic carbocycles. The van der Waals surface area contributed by atoms with Crippen LogP contribution in [0.4, 0.5) is 5.69 Å². The zero-order chi connectivity index (χ0) is 22.5. The van der Waals surface area contributed by atoms with Gasteiger partial charge < -0.3 is 15.0 Å². The summed E-state index contributed by atoms with van der Waals surface area (Å²) in [7, 11) is 0. The minimum absolute atomic E-state index is 0.0173. The van der Waals surface area contributed by atoms with Crippen LogP contribution in [0.2, 0.25) is 0 Å². The lowest BCUT2D eigenvalue weighted by Crippen LogP contribution is -2.47. The monoisotopic (exact) mass is 432 g/mol. The van der Waals surface area contributed by atoms with Crippen LogP contribution in [0.5, 0.6) is 0 Å². The fourth-order valence-electron chi connectivity index (χ4n) is 4.54. The van der Waals surface area contributed by atoms with Crippen LogP contribution in [-0.4, -0.2) is 77.5 Å². The van der Waals surface area contributed by atoms with Crippen molar-refractivity contribution in [2.75, 3.05) is 32.7 Å². The molecule has 1 aromatic carbocycles. The maximum atomic E-state index is 13.0. The van der Waals surface area contributed by atoms with Crippen molar-refractivity contribution in [3.8, 4) is 0 Å². The molecule has 3 unspecified atom stereocenters. The zero-order valence-electron chi connectivity index (χ0n) is 18.5. The lowest BCUT2D eigenvalue weighted by molar-refractivity contribution is -0.385. The van der Waals surface area contributed by atoms with E-state index >= 15 is 0 Å². The number of rotatable bonds is 7. The van der Waals surface area contributed by atoms with Gasteiger partial charge in [0.25, 0.3) is 11.6 Å². The maximum absolute atomic E-state index is 13.0. The third-order valence-electron chi connectivity index (χ3n) is 5.90. The number of carbonyl (C=O) groups is 2. The topological polar surface area (TPSA) is 105 Å². The number of nitro groups is 1. The highest BCUT2D eigenvalue weighted by atomic mass is 16.6. The average molecular weight is 433 g/mol. The first-order valence-corrected chi connectivity index (χ1v) is 11.0. The van der Waals surface area contributed by atoms with E-state index in [1.54, 1.807) is 11.8 Å². The number of hydrogen-bond acceptors (Lipinski definition) is 6. The summed E-state index contributed by atoms with van der Waals surface area (Å²) in [5.41, 5.74) is 0.789. The second-order valence-electron chi connectivity index (χ2n) is 8.58. The third-order valence-corrected chi connectivity index (χ3v) is 5.90. The van der Waals surface area contributed by atoms with Crippen molar-refractivity contribution in [1.82, 2.24) is 15.1 Å². The molecule has 0 bridgehead atoms. The molecule has 0 radical (unpaired) electrons. The van der Waals surface area contributed by atoms with Crippen LogP contribution in [0.1, 0.15) is 49.0 Å². The van der Waals surface area contributed by atoms with Gasteiger partial charge in [-0.3, -0.25) is 24.6 Å². The highest BCUT2D eigenvalue weighted by Crippen LogP contribution is 2.24. The van der Waals surface area contributed by atoms with E-state index in [-0.39, 0.29) is 29.7 Å². The molecule has 9 heteroatoms. The number of likely N-dealkylation sites (tertiary alicyclic amines) is 1. The Bertz CT molecular complexity index is 820. The summed E-state index contributed by atoms with van der Waals surface area (Å²) >= 11 is 0. The van der Waals surface area contributed by atoms with Crippen LogP contribution < -0.4 is 5.32 Å². The van der Waals surface area contributed by atoms with Gasteiger partial charge in [-0.05, 0) is 52.2 Å². The first kappa shape index (κ1) is 23.1. The molecule has 3 rings (SSSR count). The van der Waals surface area contributed by atoms with Crippen LogP contribution >= 0.6 is 0 Å². The van der Waals surface area contributed by atoms with Gasteiger partial charge in [0.15, 0.2) is 0 Å². The predicted molar refractivity (Wildman–Crippen MR) is 116 cm³/mol. The van der Waals surface area contributed by atoms with Crippen molar-refractivity contribution in [1.29, 1.82) is 0 Å². The molecule has 0 spiro atoms. The molecule has 0 saturated carbocycles. The highest BCUT2D eigenvalue weighted by molar-refractivity contribution is 5.98. The van der Waals surface area contributed by atoms with E-state index in [1.807, 2.05) is 0 Å². The number of carbonyl (C=O) groups excluding carboxylic acids is 2. The number of benzene rings is 1. The molecule has 0 aromatic heterocycles. The summed E-state index contributed by atoms with van der Waals surface area (Å²) in [5, 5.41) is 14.0. The molecule has 2 heterocycles. The van der Waals surface area contributed by atoms with E-state index in [1.165, 1.54) is 18.2 Å². The van der Waals surface area contributed by atoms with Crippen molar-refractivity contribution >= 4 is 17.5 Å². The summed E-state index contributed by atoms with van der Waals surface area (Å²) < 4.78 is 5.74. The largest absolute Gasteiger partial charge is 0.373 e. The fourth-order valence-corrected chi connectivity index (χ4v) is 4.54. The first-order chi connectivity index (χ1) is 14.8. The first-order valence-electron chi connectivity index (χ1n) is 11.0. The van der Waals surface area contributed by atoms with Crippen LogP contribution in [0.3, 0.4) is 0 Å². The number of nitrogens with zero attached hydrogens (tertiary/aromatic N) is 3. The van der Waals surface area contributed by atoms with Gasteiger partial charge in [0, 0.05) is 49.9 Å². The average Bonchev–Trinajstić information content (AvgIpc) is 3.19. The van der Waals surface area contributed by atoms with Crippen molar-refractivity contribution in [3.63, 3.8) is 0 Å². The molecule has 31 heavy (non-hydrogen) atoms. The highest BCUT2D eigenvalue weighted by Gasteiger charge is 2.34. The molecule has 2 aliphatic heterocycles. The van der Waals surface area contributed by atoms with E-state index in [4.69, 9.17) is 4.74 Å². The minimum Gasteiger partial charge on any atom is -0.373 e. The van der Waals surface area contributed by atoms with Crippen LogP contribution in [0.15, 0.2) is 18.2 Å². The molecule has 2 amide bonds. The van der Waals surface area contributed by atoms with Crippen LogP contribution in [0, 0.1) is 17.0 Å². The third kappa shape index (κ3) is 5.80. The Morgan fingerprint density at radius 1 is 1.26 bits per heavy atom. The van der Waals surface area contributed by atoms with Gasteiger partial charge in [0.1, 0.15) is 6.04 Å². The van der Waals surface area contributed by atoms with Crippen molar-refractivity contribution in [3.05, 3.63) is 39.4 Å². The second kappa shape index (κ2) is 10.2. The Morgan fingerprint density at radius 2 is 1.97 bits per heavy atom. The number of morpholine rings is 1. The van der Waals surface area contributed by atoms with Gasteiger partial charge >= 0.3 is 0 Å². The summed E-state index contributed by atoms with van der Waals surface area (Å²) in [6.45, 7) is 9.53. The zero-order valence-corrected chi connectivity index (χ0v) is 18.5. The maximum Gasteiger partial charge on any atom is 0.272 e. The number of nitro benzene ring substituents is 1. The quantitative estimate of drug-likeness (QED) is 0.402. The van der Waals surface area contributed by atoms with Gasteiger partial charge in [0.2, 0.25) is 5.91 Å². The number of ether oxygens (including phenoxy) is 1. The lowest BCUT2D eigenvalue weighted by atomic mass is 10.1. The summed E-state index contributed by atoms with van der Waals surface area (Å²) in [6.07, 6.45) is 2.67. The molecule has 1 N–H and O–H groups in total. The number of amides is 2. The van der Waals surface area contributed by atoms with Gasteiger partial charge in [-0.15, -0.1) is 0 Å². The Balaban J connectivity index is 1.51. The molecule has 1 aromatic rings. The Hall–Kier alpha value is -2.52. The predicted octanol–water partition coefficient (Wildman–Crippen LogP) is 2.12. The second-order valence-corrected chi connectivity index (χ2v) is 8.58. The van der Waals surface area contributed by atoms with E-state index in [0.29, 0.717) is 30.6 Å². The van der Waals surface area contributed by atoms with Crippen LogP contribution in [0.25, 0.3) is 0 Å². The molecule has 170 valence electrons. The molecule has 3 atom stereocenters. The lowest BCUT2D eigenvalue weighted by Gasteiger charge is -2.35. The Morgan fingerprint density at radius 3 is 2.61 bits per heavy atom. The molecule has 2 fully saturated rings. The number of aryl methyl sites for hydroxylation is 1. The van der Waals surface area contributed by atoms with Gasteiger partial charge in [-0.1, -0.05) is 0 Å². The summed E-state index contributed by atoms with van der Waals surface area (Å²) in [5.74, 6) is -0.389. The number of nitrogens with one attached hydrogen (secondary N) is 1. The van der Waals surface area contributed by atoms with E-state index in [0.717, 1.165) is 32.5 Å². The Kier molecular flexibility index (Phi) is 7.61. The summed E-state index contributed by atoms with van der Waals surface area (Å²) in [4.78, 5) is 40.2. The normalized spacial score (nSPS) is 24.2. The van der Waals surface area contributed by atoms with Gasteiger partial charge in [-0.25, -0.2) is 0 Å². The van der Waals surface area contributed by atoms with Gasteiger partial charge in [-0.2, -0.15) is 0 Å². The molecule has 2 saturated heterocycles. The van der Waals surface area contributed by atoms with Crippen molar-refractivity contribution in [2.45, 2.75) is 58.3 Å². The molecule has 9 nitrogen and oxygen atoms in total. The van der Waals surface area contributed by atoms with E-state index < -0.39 is 11.0 Å². The summed E-state index contributed by atoms with van der Waals surface area (Å²) in [6, 6.07) is 3.84. The van der Waals surface area contributed by atoms with Crippen LogP contribution in [-0.2, 0) is 9.53 Å². The standard InChI is InChI=1S/C22H32N4O5/c1-15-12-18(7-8-19(15)26(29)30)22(28)25-11-4-6-20(25)21(27)23-9-5-10-24-13-16(2)31-17(3)14-24/h7-8,12,16-17,20H,4-6,9-11,13-14H2,1-3H3,(H,23,27). The fraction of sp³-hybridized carbons (Fsp3) is 0.636. The molecular formula is C22H32N4O5. The van der Waals surface area contributed by atoms with Crippen molar-refractivity contribution < 1.29 is 19.2 Å². The molecule has 2 aliphatic rings. The van der Waals surface area contributed by atoms with Gasteiger partial charge in [0.05, 0.1) is 17.1 Å². The van der Waals surface area contributed by atoms with Crippen molar-refractivity contribution in [2.24, 2.45) is 0 Å².